The zero-order valence-corrected chi connectivity index (χ0v) is 12.1. The van der Waals surface area contributed by atoms with Gasteiger partial charge in [-0.2, -0.15) is 0 Å². The molecular weight excluding hydrogens is 333 g/mol. The van der Waals surface area contributed by atoms with Gasteiger partial charge in [0.15, 0.2) is 6.04 Å². The predicted octanol–water partition coefficient (Wildman–Crippen LogP) is 1.44. The Labute approximate surface area is 123 Å². The molecule has 108 valence electrons. The van der Waals surface area contributed by atoms with Gasteiger partial charge in [0.25, 0.3) is 0 Å². The minimum Gasteiger partial charge on any atom is -0.480 e. The third-order valence-corrected chi connectivity index (χ3v) is 3.68. The van der Waals surface area contributed by atoms with Crippen LogP contribution in [0.2, 0.25) is 0 Å². The molecule has 0 bridgehead atoms. The van der Waals surface area contributed by atoms with Crippen molar-refractivity contribution in [1.29, 1.82) is 0 Å². The lowest BCUT2D eigenvalue weighted by molar-refractivity contribution is -0.158. The van der Waals surface area contributed by atoms with Crippen LogP contribution in [0.4, 0.5) is 4.39 Å². The third kappa shape index (κ3) is 3.34. The van der Waals surface area contributed by atoms with E-state index in [1.165, 1.54) is 23.1 Å². The van der Waals surface area contributed by atoms with E-state index in [1.54, 1.807) is 0 Å². The standard InChI is InChI=1S/C13H13BrFNO4/c14-9-5-8(1-2-10(9)15)6-12(17)16-3-4-20-7-11(16)13(18)19/h1-2,5,11H,3-4,6-7H2,(H,18,19)/t11-/m1/s1. The average Bonchev–Trinajstić information content (AvgIpc) is 2.43. The Morgan fingerprint density at radius 3 is 2.90 bits per heavy atom. The maximum Gasteiger partial charge on any atom is 0.328 e. The van der Waals surface area contributed by atoms with Crippen molar-refractivity contribution in [3.05, 3.63) is 34.1 Å². The van der Waals surface area contributed by atoms with E-state index in [0.717, 1.165) is 0 Å². The van der Waals surface area contributed by atoms with E-state index >= 15 is 0 Å². The lowest BCUT2D eigenvalue weighted by atomic mass is 10.1. The SMILES string of the molecule is O=C(O)[C@H]1COCCN1C(=O)Cc1ccc(F)c(Br)c1. The maximum absolute atomic E-state index is 13.1. The summed E-state index contributed by atoms with van der Waals surface area (Å²) in [6.07, 6.45) is 0.0304. The molecular formula is C13H13BrFNO4. The van der Waals surface area contributed by atoms with Crippen LogP contribution in [-0.2, 0) is 20.7 Å². The van der Waals surface area contributed by atoms with Crippen LogP contribution in [0.5, 0.6) is 0 Å². The Hall–Kier alpha value is -1.47. The number of benzene rings is 1. The number of aliphatic carboxylic acids is 1. The lowest BCUT2D eigenvalue weighted by Crippen LogP contribution is -2.53. The summed E-state index contributed by atoms with van der Waals surface area (Å²) in [5.74, 6) is -1.80. The van der Waals surface area contributed by atoms with Crippen LogP contribution >= 0.6 is 15.9 Å². The highest BCUT2D eigenvalue weighted by atomic mass is 79.9. The molecule has 1 amide bonds. The molecule has 0 saturated carbocycles. The first-order valence-electron chi connectivity index (χ1n) is 6.03. The van der Waals surface area contributed by atoms with Crippen molar-refractivity contribution < 1.29 is 23.8 Å². The van der Waals surface area contributed by atoms with Crippen LogP contribution in [0.1, 0.15) is 5.56 Å². The van der Waals surface area contributed by atoms with Gasteiger partial charge in [-0.25, -0.2) is 9.18 Å². The molecule has 1 aromatic rings. The molecule has 0 spiro atoms. The Morgan fingerprint density at radius 2 is 2.25 bits per heavy atom. The molecule has 1 aliphatic heterocycles. The van der Waals surface area contributed by atoms with Crippen molar-refractivity contribution in [1.82, 2.24) is 4.90 Å². The highest BCUT2D eigenvalue weighted by molar-refractivity contribution is 9.10. The largest absolute Gasteiger partial charge is 0.480 e. The number of ether oxygens (including phenoxy) is 1. The lowest BCUT2D eigenvalue weighted by Gasteiger charge is -2.32. The Bertz CT molecular complexity index is 537. The molecule has 1 saturated heterocycles. The summed E-state index contributed by atoms with van der Waals surface area (Å²) in [6, 6.07) is 3.33. The number of amides is 1. The van der Waals surface area contributed by atoms with E-state index in [2.05, 4.69) is 15.9 Å². The van der Waals surface area contributed by atoms with Gasteiger partial charge < -0.3 is 14.7 Å². The van der Waals surface area contributed by atoms with E-state index < -0.39 is 17.8 Å². The fraction of sp³-hybridized carbons (Fsp3) is 0.385. The Kier molecular flexibility index (Phi) is 4.72. The van der Waals surface area contributed by atoms with Gasteiger partial charge in [0.05, 0.1) is 24.1 Å². The molecule has 20 heavy (non-hydrogen) atoms. The topological polar surface area (TPSA) is 66.8 Å². The van der Waals surface area contributed by atoms with Crippen molar-refractivity contribution in [2.75, 3.05) is 19.8 Å². The number of carbonyl (C=O) groups is 2. The summed E-state index contributed by atoms with van der Waals surface area (Å²) < 4.78 is 18.5. The summed E-state index contributed by atoms with van der Waals surface area (Å²) in [5.41, 5.74) is 0.624. The van der Waals surface area contributed by atoms with Gasteiger partial charge in [0.1, 0.15) is 5.82 Å². The summed E-state index contributed by atoms with van der Waals surface area (Å²) >= 11 is 3.05. The number of carbonyl (C=O) groups excluding carboxylic acids is 1. The molecule has 0 radical (unpaired) electrons. The predicted molar refractivity (Wildman–Crippen MR) is 71.8 cm³/mol. The van der Waals surface area contributed by atoms with Crippen molar-refractivity contribution in [2.45, 2.75) is 12.5 Å². The minimum atomic E-state index is -1.08. The molecule has 0 aromatic heterocycles. The molecule has 7 heteroatoms. The third-order valence-electron chi connectivity index (χ3n) is 3.07. The van der Waals surface area contributed by atoms with E-state index in [-0.39, 0.29) is 30.0 Å². The molecule has 1 aliphatic rings. The first-order chi connectivity index (χ1) is 9.49. The van der Waals surface area contributed by atoms with Crippen molar-refractivity contribution in [2.24, 2.45) is 0 Å². The first-order valence-corrected chi connectivity index (χ1v) is 6.82. The number of carboxylic acid groups (broad SMARTS) is 1. The highest BCUT2D eigenvalue weighted by Crippen LogP contribution is 2.18. The van der Waals surface area contributed by atoms with E-state index in [1.807, 2.05) is 0 Å². The zero-order valence-electron chi connectivity index (χ0n) is 10.5. The van der Waals surface area contributed by atoms with E-state index in [9.17, 15) is 14.0 Å². The molecule has 0 unspecified atom stereocenters. The second-order valence-electron chi connectivity index (χ2n) is 4.44. The van der Waals surface area contributed by atoms with Gasteiger partial charge >= 0.3 is 5.97 Å². The number of rotatable bonds is 3. The van der Waals surface area contributed by atoms with Gasteiger partial charge in [0.2, 0.25) is 5.91 Å². The normalized spacial score (nSPS) is 18.9. The maximum atomic E-state index is 13.1. The number of halogens is 2. The summed E-state index contributed by atoms with van der Waals surface area (Å²) in [5, 5.41) is 9.07. The zero-order chi connectivity index (χ0) is 14.7. The summed E-state index contributed by atoms with van der Waals surface area (Å²) in [7, 11) is 0. The quantitative estimate of drug-likeness (QED) is 0.900. The molecule has 0 aliphatic carbocycles. The summed E-state index contributed by atoms with van der Waals surface area (Å²) in [4.78, 5) is 24.6. The number of morpholine rings is 1. The number of hydrogen-bond donors (Lipinski definition) is 1. The number of carboxylic acids is 1. The van der Waals surface area contributed by atoms with Gasteiger partial charge in [0, 0.05) is 6.54 Å². The van der Waals surface area contributed by atoms with Crippen LogP contribution in [0.25, 0.3) is 0 Å². The first kappa shape index (κ1) is 14.9. The second-order valence-corrected chi connectivity index (χ2v) is 5.30. The van der Waals surface area contributed by atoms with E-state index in [4.69, 9.17) is 9.84 Å². The van der Waals surface area contributed by atoms with Crippen molar-refractivity contribution in [3.63, 3.8) is 0 Å². The van der Waals surface area contributed by atoms with Gasteiger partial charge in [-0.3, -0.25) is 4.79 Å². The smallest absolute Gasteiger partial charge is 0.328 e. The molecule has 1 fully saturated rings. The molecule has 5 nitrogen and oxygen atoms in total. The highest BCUT2D eigenvalue weighted by Gasteiger charge is 2.32. The Balaban J connectivity index is 2.09. The van der Waals surface area contributed by atoms with Crippen LogP contribution < -0.4 is 0 Å². The minimum absolute atomic E-state index is 0.00577. The molecule has 1 N–H and O–H groups in total. The van der Waals surface area contributed by atoms with Gasteiger partial charge in [-0.05, 0) is 33.6 Å². The van der Waals surface area contributed by atoms with Crippen LogP contribution in [0.15, 0.2) is 22.7 Å². The molecule has 1 heterocycles. The van der Waals surface area contributed by atoms with E-state index in [0.29, 0.717) is 12.2 Å². The van der Waals surface area contributed by atoms with Crippen molar-refractivity contribution in [3.8, 4) is 0 Å². The number of hydrogen-bond acceptors (Lipinski definition) is 3. The molecule has 2 rings (SSSR count). The van der Waals surface area contributed by atoms with Crippen LogP contribution in [0.3, 0.4) is 0 Å². The van der Waals surface area contributed by atoms with Gasteiger partial charge in [-0.15, -0.1) is 0 Å². The Morgan fingerprint density at radius 1 is 1.50 bits per heavy atom. The monoisotopic (exact) mass is 345 g/mol. The van der Waals surface area contributed by atoms with Crippen LogP contribution in [0, 0.1) is 5.82 Å². The number of nitrogens with zero attached hydrogens (tertiary/aromatic N) is 1. The summed E-state index contributed by atoms with van der Waals surface area (Å²) in [6.45, 7) is 0.564. The second kappa shape index (κ2) is 6.32. The fourth-order valence-electron chi connectivity index (χ4n) is 2.03. The van der Waals surface area contributed by atoms with Gasteiger partial charge in [-0.1, -0.05) is 6.07 Å². The fourth-order valence-corrected chi connectivity index (χ4v) is 2.46. The van der Waals surface area contributed by atoms with Crippen molar-refractivity contribution >= 4 is 27.8 Å². The molecule has 1 atom stereocenters. The average molecular weight is 346 g/mol. The van der Waals surface area contributed by atoms with Crippen LogP contribution in [-0.4, -0.2) is 47.7 Å². The molecule has 1 aromatic carbocycles.